The molecular weight excluding hydrogens is 548 g/mol. The highest BCUT2D eigenvalue weighted by Gasteiger charge is 2.19. The average Bonchev–Trinajstić information content (AvgIpc) is 3.02. The Morgan fingerprint density at radius 1 is 0.857 bits per heavy atom. The highest BCUT2D eigenvalue weighted by atomic mass is 32.2. The summed E-state index contributed by atoms with van der Waals surface area (Å²) < 4.78 is 28.0. The zero-order valence-electron chi connectivity index (χ0n) is 26.7. The minimum atomic E-state index is -0.235. The molecule has 0 N–H and O–H groups in total. The Bertz CT molecular complexity index is 1320. The molecule has 42 heavy (non-hydrogen) atoms. The van der Waals surface area contributed by atoms with Crippen LogP contribution in [0.2, 0.25) is 0 Å². The van der Waals surface area contributed by atoms with E-state index in [4.69, 9.17) is 22.3 Å². The first kappa shape index (κ1) is 38.3. The number of allylic oxidation sites excluding steroid dienone is 1. The molecule has 3 aromatic carbocycles. The van der Waals surface area contributed by atoms with Gasteiger partial charge in [0.15, 0.2) is 17.3 Å². The largest absolute Gasteiger partial charge is 0.490 e. The lowest BCUT2D eigenvalue weighted by Crippen LogP contribution is -2.07. The lowest BCUT2D eigenvalue weighted by Gasteiger charge is -2.14. The first-order chi connectivity index (χ1) is 20.4. The monoisotopic (exact) mass is 596 g/mol. The molecule has 230 valence electrons. The molecule has 0 saturated carbocycles. The second-order valence-electron chi connectivity index (χ2n) is 8.37. The number of ether oxygens (including phenoxy) is 2. The molecule has 1 aromatic heterocycles. The zero-order chi connectivity index (χ0) is 31.8. The van der Waals surface area contributed by atoms with E-state index >= 15 is 0 Å². The molecule has 0 aliphatic carbocycles. The maximum Gasteiger partial charge on any atom is 0.235 e. The Kier molecular flexibility index (Phi) is 21.9. The van der Waals surface area contributed by atoms with Crippen molar-refractivity contribution in [3.05, 3.63) is 101 Å². The topological polar surface area (TPSA) is 67.1 Å². The van der Waals surface area contributed by atoms with Gasteiger partial charge in [0.2, 0.25) is 23.5 Å². The van der Waals surface area contributed by atoms with E-state index in [-0.39, 0.29) is 11.2 Å². The summed E-state index contributed by atoms with van der Waals surface area (Å²) in [5.41, 5.74) is 1.87. The molecule has 1 heterocycles. The Morgan fingerprint density at radius 2 is 1.43 bits per heavy atom. The van der Waals surface area contributed by atoms with Gasteiger partial charge in [0, 0.05) is 5.56 Å². The van der Waals surface area contributed by atoms with Crippen LogP contribution in [-0.2, 0) is 10.8 Å². The lowest BCUT2D eigenvalue weighted by molar-refractivity contribution is 0.296. The van der Waals surface area contributed by atoms with E-state index in [0.717, 1.165) is 17.9 Å². The first-order valence-corrected chi connectivity index (χ1v) is 15.0. The second-order valence-corrected chi connectivity index (χ2v) is 9.00. The summed E-state index contributed by atoms with van der Waals surface area (Å²) >= 11 is 0.833. The molecule has 0 aliphatic rings. The predicted octanol–water partition coefficient (Wildman–Crippen LogP) is 10.7. The summed E-state index contributed by atoms with van der Waals surface area (Å²) in [7, 11) is 2.96. The van der Waals surface area contributed by atoms with Crippen LogP contribution in [0, 0.1) is 0 Å². The van der Waals surface area contributed by atoms with Crippen molar-refractivity contribution in [2.75, 3.05) is 14.2 Å². The van der Waals surface area contributed by atoms with E-state index < -0.39 is 0 Å². The van der Waals surface area contributed by atoms with Crippen molar-refractivity contribution in [2.24, 2.45) is 0 Å². The summed E-state index contributed by atoms with van der Waals surface area (Å²) in [6, 6.07) is 22.1. The van der Waals surface area contributed by atoms with Gasteiger partial charge in [-0.25, -0.2) is 0 Å². The molecular formula is C35H48O6S. The van der Waals surface area contributed by atoms with Gasteiger partial charge >= 0.3 is 0 Å². The lowest BCUT2D eigenvalue weighted by atomic mass is 10.1. The van der Waals surface area contributed by atoms with Gasteiger partial charge in [-0.3, -0.25) is 8.98 Å². The fraction of sp³-hybridized carbons (Fsp3) is 0.343. The van der Waals surface area contributed by atoms with Crippen LogP contribution < -0.4 is 19.1 Å². The minimum Gasteiger partial charge on any atom is -0.490 e. The van der Waals surface area contributed by atoms with Gasteiger partial charge < -0.3 is 18.1 Å². The summed E-state index contributed by atoms with van der Waals surface area (Å²) in [5, 5.41) is 0.458. The van der Waals surface area contributed by atoms with E-state index in [2.05, 4.69) is 34.3 Å². The normalized spacial score (nSPS) is 9.26. The predicted molar refractivity (Wildman–Crippen MR) is 180 cm³/mol. The van der Waals surface area contributed by atoms with E-state index in [9.17, 15) is 4.79 Å². The van der Waals surface area contributed by atoms with Crippen LogP contribution in [0.1, 0.15) is 66.9 Å². The Balaban J connectivity index is 0.00000134. The van der Waals surface area contributed by atoms with Gasteiger partial charge in [-0.1, -0.05) is 103 Å². The third kappa shape index (κ3) is 12.9. The Labute approximate surface area is 257 Å². The smallest absolute Gasteiger partial charge is 0.235 e. The van der Waals surface area contributed by atoms with E-state index in [0.29, 0.717) is 40.4 Å². The van der Waals surface area contributed by atoms with Gasteiger partial charge in [-0.05, 0) is 42.8 Å². The highest BCUT2D eigenvalue weighted by Crippen LogP contribution is 2.38. The van der Waals surface area contributed by atoms with Crippen molar-refractivity contribution in [3.63, 3.8) is 0 Å². The number of para-hydroxylation sites is 1. The van der Waals surface area contributed by atoms with Crippen LogP contribution in [0.25, 0.3) is 22.3 Å². The molecule has 7 heteroatoms. The van der Waals surface area contributed by atoms with Gasteiger partial charge in [0.25, 0.3) is 0 Å². The number of hydrogen-bond acceptors (Lipinski definition) is 7. The highest BCUT2D eigenvalue weighted by molar-refractivity contribution is 7.90. The zero-order valence-corrected chi connectivity index (χ0v) is 27.5. The number of methoxy groups -OCH3 is 1. The van der Waals surface area contributed by atoms with Crippen molar-refractivity contribution in [2.45, 2.75) is 67.9 Å². The average molecular weight is 597 g/mol. The molecule has 4 aromatic rings. The van der Waals surface area contributed by atoms with E-state index in [1.165, 1.54) is 27.1 Å². The van der Waals surface area contributed by atoms with Crippen molar-refractivity contribution in [3.8, 4) is 28.6 Å². The molecule has 4 rings (SSSR count). The summed E-state index contributed by atoms with van der Waals surface area (Å²) in [5.74, 6) is 1.41. The van der Waals surface area contributed by atoms with Gasteiger partial charge in [0.05, 0.1) is 19.6 Å². The second kappa shape index (κ2) is 24.0. The summed E-state index contributed by atoms with van der Waals surface area (Å²) in [6.07, 6.45) is 4.25. The van der Waals surface area contributed by atoms with Gasteiger partial charge in [-0.15, -0.1) is 6.58 Å². The Hall–Kier alpha value is -3.68. The number of benzene rings is 3. The van der Waals surface area contributed by atoms with Crippen molar-refractivity contribution >= 4 is 23.3 Å². The standard InChI is InChI=1S/C24H20O6S.2C3H8.C3H6.C2H6/c1-26-24-22(25)18-10-6-7-11-19(18)29-23(24)17-12-13-20(30-31-27-2)21(14-17)28-15-16-8-4-3-5-9-16;3*1-3-2;1-2/h3-14H,15H2,1-2H3;2*3H2,1-2H3;3H,1H2,2H3;1-2H3. The fourth-order valence-electron chi connectivity index (χ4n) is 3.14. The molecule has 0 aliphatic heterocycles. The summed E-state index contributed by atoms with van der Waals surface area (Å²) in [4.78, 5) is 12.9. The molecule has 0 radical (unpaired) electrons. The third-order valence-corrected chi connectivity index (χ3v) is 4.98. The van der Waals surface area contributed by atoms with Gasteiger partial charge in [-0.2, -0.15) is 0 Å². The van der Waals surface area contributed by atoms with Crippen molar-refractivity contribution < 1.29 is 22.3 Å². The number of hydrogen-bond donors (Lipinski definition) is 0. The van der Waals surface area contributed by atoms with E-state index in [1.54, 1.807) is 42.5 Å². The molecule has 0 bridgehead atoms. The maximum atomic E-state index is 12.9. The number of rotatable bonds is 8. The van der Waals surface area contributed by atoms with Gasteiger partial charge in [0.1, 0.15) is 12.2 Å². The molecule has 0 saturated heterocycles. The quantitative estimate of drug-likeness (QED) is 0.148. The molecule has 0 amide bonds. The minimum absolute atomic E-state index is 0.132. The van der Waals surface area contributed by atoms with Crippen LogP contribution in [0.15, 0.2) is 94.7 Å². The molecule has 0 unspecified atom stereocenters. The summed E-state index contributed by atoms with van der Waals surface area (Å²) in [6.45, 7) is 18.1. The van der Waals surface area contributed by atoms with Crippen LogP contribution >= 0.6 is 12.3 Å². The van der Waals surface area contributed by atoms with Crippen molar-refractivity contribution in [1.82, 2.24) is 0 Å². The molecule has 0 atom stereocenters. The van der Waals surface area contributed by atoms with Crippen LogP contribution in [0.5, 0.6) is 17.2 Å². The van der Waals surface area contributed by atoms with Crippen LogP contribution in [0.3, 0.4) is 0 Å². The van der Waals surface area contributed by atoms with Crippen LogP contribution in [0.4, 0.5) is 0 Å². The number of fused-ring (bicyclic) bond motifs is 1. The van der Waals surface area contributed by atoms with Crippen molar-refractivity contribution in [1.29, 1.82) is 0 Å². The maximum absolute atomic E-state index is 12.9. The molecule has 0 spiro atoms. The van der Waals surface area contributed by atoms with Crippen LogP contribution in [-0.4, -0.2) is 14.2 Å². The fourth-order valence-corrected chi connectivity index (χ4v) is 3.42. The first-order valence-electron chi connectivity index (χ1n) is 14.3. The Morgan fingerprint density at radius 3 is 2.00 bits per heavy atom. The van der Waals surface area contributed by atoms with E-state index in [1.807, 2.05) is 57.2 Å². The molecule has 6 nitrogen and oxygen atoms in total. The third-order valence-electron chi connectivity index (χ3n) is 4.60. The molecule has 0 fully saturated rings. The SMILES string of the molecule is C=CC.CC.CCC.CCC.COSOc1ccc(-c2oc3ccccc3c(=O)c2OC)cc1OCc1ccccc1.